The first-order chi connectivity index (χ1) is 6.67. The normalized spacial score (nSPS) is 10.1. The standard InChI is InChI=1S/C10H11Cl2NO/c11-5-7-1-2-10(13)8(3-7)4-9(14)6-12/h1-3H,4-6,13H2. The van der Waals surface area contributed by atoms with Gasteiger partial charge >= 0.3 is 0 Å². The van der Waals surface area contributed by atoms with Gasteiger partial charge in [-0.05, 0) is 17.2 Å². The van der Waals surface area contributed by atoms with E-state index in [4.69, 9.17) is 28.9 Å². The summed E-state index contributed by atoms with van der Waals surface area (Å²) in [5.41, 5.74) is 8.07. The van der Waals surface area contributed by atoms with Crippen molar-refractivity contribution >= 4 is 34.7 Å². The number of carbonyl (C=O) groups excluding carboxylic acids is 1. The Bertz CT molecular complexity index is 339. The molecule has 4 heteroatoms. The number of nitrogens with two attached hydrogens (primary N) is 1. The summed E-state index contributed by atoms with van der Waals surface area (Å²) in [6.07, 6.45) is 0.278. The Morgan fingerprint density at radius 3 is 2.64 bits per heavy atom. The second-order valence-corrected chi connectivity index (χ2v) is 3.55. The molecule has 76 valence electrons. The molecule has 0 aliphatic carbocycles. The summed E-state index contributed by atoms with van der Waals surface area (Å²) >= 11 is 11.1. The molecule has 1 aromatic rings. The zero-order valence-corrected chi connectivity index (χ0v) is 9.11. The number of nitrogen functional groups attached to an aromatic ring is 1. The first-order valence-electron chi connectivity index (χ1n) is 4.18. The monoisotopic (exact) mass is 231 g/mol. The lowest BCUT2D eigenvalue weighted by Gasteiger charge is -2.05. The van der Waals surface area contributed by atoms with Crippen molar-refractivity contribution in [3.8, 4) is 0 Å². The average molecular weight is 232 g/mol. The van der Waals surface area contributed by atoms with E-state index in [1.54, 1.807) is 6.07 Å². The SMILES string of the molecule is Nc1ccc(CCl)cc1CC(=O)CCl. The van der Waals surface area contributed by atoms with Crippen LogP contribution in [0.15, 0.2) is 18.2 Å². The van der Waals surface area contributed by atoms with Gasteiger partial charge in [0.2, 0.25) is 0 Å². The molecular weight excluding hydrogens is 221 g/mol. The Balaban J connectivity index is 2.89. The highest BCUT2D eigenvalue weighted by atomic mass is 35.5. The van der Waals surface area contributed by atoms with Gasteiger partial charge in [-0.2, -0.15) is 0 Å². The highest BCUT2D eigenvalue weighted by Crippen LogP contribution is 2.16. The zero-order chi connectivity index (χ0) is 10.6. The van der Waals surface area contributed by atoms with Crippen LogP contribution >= 0.6 is 23.2 Å². The molecule has 0 spiro atoms. The molecule has 0 saturated heterocycles. The minimum absolute atomic E-state index is 0.0184. The summed E-state index contributed by atoms with van der Waals surface area (Å²) in [5.74, 6) is 0.400. The molecule has 0 saturated carbocycles. The van der Waals surface area contributed by atoms with E-state index >= 15 is 0 Å². The number of hydrogen-bond donors (Lipinski definition) is 1. The number of rotatable bonds is 4. The minimum Gasteiger partial charge on any atom is -0.398 e. The van der Waals surface area contributed by atoms with E-state index in [-0.39, 0.29) is 18.1 Å². The molecule has 0 unspecified atom stereocenters. The van der Waals surface area contributed by atoms with E-state index in [0.29, 0.717) is 11.6 Å². The van der Waals surface area contributed by atoms with E-state index in [1.807, 2.05) is 12.1 Å². The van der Waals surface area contributed by atoms with Crippen LogP contribution in [0.4, 0.5) is 5.69 Å². The molecule has 0 radical (unpaired) electrons. The van der Waals surface area contributed by atoms with Crippen molar-refractivity contribution in [1.29, 1.82) is 0 Å². The van der Waals surface area contributed by atoms with E-state index in [2.05, 4.69) is 0 Å². The average Bonchev–Trinajstić information content (AvgIpc) is 2.21. The lowest BCUT2D eigenvalue weighted by Crippen LogP contribution is -2.06. The molecule has 0 aliphatic heterocycles. The van der Waals surface area contributed by atoms with Crippen LogP contribution in [0.25, 0.3) is 0 Å². The quantitative estimate of drug-likeness (QED) is 0.639. The fourth-order valence-corrected chi connectivity index (χ4v) is 1.42. The lowest BCUT2D eigenvalue weighted by molar-refractivity contribution is -0.116. The molecule has 0 atom stereocenters. The van der Waals surface area contributed by atoms with Crippen LogP contribution in [0.1, 0.15) is 11.1 Å². The van der Waals surface area contributed by atoms with Crippen LogP contribution in [0.3, 0.4) is 0 Å². The van der Waals surface area contributed by atoms with E-state index in [1.165, 1.54) is 0 Å². The van der Waals surface area contributed by atoms with Crippen LogP contribution in [0, 0.1) is 0 Å². The van der Waals surface area contributed by atoms with E-state index < -0.39 is 0 Å². The molecule has 0 aliphatic rings. The van der Waals surface area contributed by atoms with Gasteiger partial charge in [0.05, 0.1) is 5.88 Å². The predicted molar refractivity (Wildman–Crippen MR) is 59.8 cm³/mol. The molecule has 2 N–H and O–H groups in total. The van der Waals surface area contributed by atoms with Gasteiger partial charge in [-0.25, -0.2) is 0 Å². The summed E-state index contributed by atoms with van der Waals surface area (Å²) in [6, 6.07) is 5.44. The first kappa shape index (κ1) is 11.3. The summed E-state index contributed by atoms with van der Waals surface area (Å²) in [4.78, 5) is 11.1. The Morgan fingerprint density at radius 2 is 2.07 bits per heavy atom. The number of anilines is 1. The lowest BCUT2D eigenvalue weighted by atomic mass is 10.0. The Labute approximate surface area is 93.0 Å². The number of benzene rings is 1. The van der Waals surface area contributed by atoms with Gasteiger partial charge in [0.25, 0.3) is 0 Å². The van der Waals surface area contributed by atoms with Crippen LogP contribution in [-0.4, -0.2) is 11.7 Å². The number of alkyl halides is 2. The van der Waals surface area contributed by atoms with Crippen LogP contribution < -0.4 is 5.73 Å². The first-order valence-corrected chi connectivity index (χ1v) is 5.25. The highest BCUT2D eigenvalue weighted by Gasteiger charge is 2.06. The Hall–Kier alpha value is -0.730. The maximum Gasteiger partial charge on any atom is 0.152 e. The molecule has 0 heterocycles. The molecule has 0 aromatic heterocycles. The van der Waals surface area contributed by atoms with Gasteiger partial charge in [0.1, 0.15) is 0 Å². The smallest absolute Gasteiger partial charge is 0.152 e. The van der Waals surface area contributed by atoms with Crippen molar-refractivity contribution in [2.24, 2.45) is 0 Å². The number of ketones is 1. The second-order valence-electron chi connectivity index (χ2n) is 3.02. The number of hydrogen-bond acceptors (Lipinski definition) is 2. The third-order valence-corrected chi connectivity index (χ3v) is 2.51. The summed E-state index contributed by atoms with van der Waals surface area (Å²) in [6.45, 7) is 0. The van der Waals surface area contributed by atoms with Crippen LogP contribution in [0.2, 0.25) is 0 Å². The van der Waals surface area contributed by atoms with Crippen LogP contribution in [-0.2, 0) is 17.1 Å². The van der Waals surface area contributed by atoms with Crippen molar-refractivity contribution in [3.05, 3.63) is 29.3 Å². The minimum atomic E-state index is -0.0370. The van der Waals surface area contributed by atoms with Gasteiger partial charge in [0, 0.05) is 18.0 Å². The van der Waals surface area contributed by atoms with Crippen molar-refractivity contribution in [2.75, 3.05) is 11.6 Å². The van der Waals surface area contributed by atoms with Crippen molar-refractivity contribution in [1.82, 2.24) is 0 Å². The Kier molecular flexibility index (Phi) is 4.23. The summed E-state index contributed by atoms with van der Waals surface area (Å²) < 4.78 is 0. The third kappa shape index (κ3) is 2.89. The topological polar surface area (TPSA) is 43.1 Å². The fourth-order valence-electron chi connectivity index (χ4n) is 1.15. The van der Waals surface area contributed by atoms with E-state index in [9.17, 15) is 4.79 Å². The van der Waals surface area contributed by atoms with E-state index in [0.717, 1.165) is 11.1 Å². The third-order valence-electron chi connectivity index (χ3n) is 1.90. The van der Waals surface area contributed by atoms with Crippen molar-refractivity contribution in [2.45, 2.75) is 12.3 Å². The molecular formula is C10H11Cl2NO. The van der Waals surface area contributed by atoms with Gasteiger partial charge in [0.15, 0.2) is 5.78 Å². The second kappa shape index (κ2) is 5.23. The molecule has 1 aromatic carbocycles. The molecule has 0 amide bonds. The fraction of sp³-hybridized carbons (Fsp3) is 0.300. The largest absolute Gasteiger partial charge is 0.398 e. The van der Waals surface area contributed by atoms with Crippen molar-refractivity contribution < 1.29 is 4.79 Å². The van der Waals surface area contributed by atoms with Gasteiger partial charge in [-0.15, -0.1) is 23.2 Å². The van der Waals surface area contributed by atoms with Crippen LogP contribution in [0.5, 0.6) is 0 Å². The Morgan fingerprint density at radius 1 is 1.36 bits per heavy atom. The molecule has 1 rings (SSSR count). The maximum absolute atomic E-state index is 11.1. The van der Waals surface area contributed by atoms with Crippen molar-refractivity contribution in [3.63, 3.8) is 0 Å². The number of halogens is 2. The zero-order valence-electron chi connectivity index (χ0n) is 7.59. The van der Waals surface area contributed by atoms with Gasteiger partial charge in [-0.3, -0.25) is 4.79 Å². The molecule has 2 nitrogen and oxygen atoms in total. The number of Topliss-reactive ketones (excluding diaryl/α,β-unsaturated/α-hetero) is 1. The highest BCUT2D eigenvalue weighted by molar-refractivity contribution is 6.27. The molecule has 0 bridgehead atoms. The summed E-state index contributed by atoms with van der Waals surface area (Å²) in [7, 11) is 0. The molecule has 14 heavy (non-hydrogen) atoms. The predicted octanol–water partition coefficient (Wildman–Crippen LogP) is 2.36. The molecule has 0 fully saturated rings. The van der Waals surface area contributed by atoms with Gasteiger partial charge in [-0.1, -0.05) is 12.1 Å². The summed E-state index contributed by atoms with van der Waals surface area (Å²) in [5, 5.41) is 0. The maximum atomic E-state index is 11.1. The number of carbonyl (C=O) groups is 1. The van der Waals surface area contributed by atoms with Gasteiger partial charge < -0.3 is 5.73 Å².